The molecule has 0 bridgehead atoms. The third-order valence-corrected chi connectivity index (χ3v) is 3.69. The Morgan fingerprint density at radius 3 is 2.37 bits per heavy atom. The molecule has 0 aromatic heterocycles. The van der Waals surface area contributed by atoms with Gasteiger partial charge in [0.1, 0.15) is 11.1 Å². The van der Waals surface area contributed by atoms with Crippen LogP contribution in [-0.2, 0) is 14.3 Å². The van der Waals surface area contributed by atoms with Gasteiger partial charge in [-0.3, -0.25) is 0 Å². The first kappa shape index (κ1) is 14.1. The number of carboxylic acids is 1. The van der Waals surface area contributed by atoms with Crippen molar-refractivity contribution in [3.8, 4) is 0 Å². The maximum atomic E-state index is 11.7. The molecular formula is C13H21NO5. The molecule has 1 heterocycles. The first-order valence-corrected chi connectivity index (χ1v) is 6.49. The normalized spacial score (nSPS) is 33.8. The van der Waals surface area contributed by atoms with Crippen molar-refractivity contribution in [2.45, 2.75) is 51.2 Å². The standard InChI is InChI=1S/C13H21NO5/c1-11(2,3)19-10(17)14-13(9(15)16)6-12(7-13)4-5-18-8-12/h4-8H2,1-3H3,(H,14,17)(H,15,16). The molecule has 2 fully saturated rings. The molecular weight excluding hydrogens is 250 g/mol. The Balaban J connectivity index is 1.99. The van der Waals surface area contributed by atoms with Gasteiger partial charge in [0, 0.05) is 12.0 Å². The van der Waals surface area contributed by atoms with Crippen molar-refractivity contribution < 1.29 is 24.2 Å². The maximum absolute atomic E-state index is 11.7. The average Bonchev–Trinajstić information content (AvgIpc) is 2.61. The lowest BCUT2D eigenvalue weighted by Gasteiger charge is -2.51. The highest BCUT2D eigenvalue weighted by Crippen LogP contribution is 2.53. The summed E-state index contributed by atoms with van der Waals surface area (Å²) in [4.78, 5) is 23.2. The third kappa shape index (κ3) is 2.83. The molecule has 1 amide bonds. The maximum Gasteiger partial charge on any atom is 0.408 e. The fourth-order valence-corrected chi connectivity index (χ4v) is 2.95. The Kier molecular flexibility index (Phi) is 3.24. The van der Waals surface area contributed by atoms with Gasteiger partial charge in [-0.05, 0) is 40.0 Å². The van der Waals surface area contributed by atoms with E-state index in [2.05, 4.69) is 5.32 Å². The fraction of sp³-hybridized carbons (Fsp3) is 0.846. The lowest BCUT2D eigenvalue weighted by atomic mass is 9.57. The number of carbonyl (C=O) groups is 2. The van der Waals surface area contributed by atoms with Crippen molar-refractivity contribution in [2.24, 2.45) is 5.41 Å². The largest absolute Gasteiger partial charge is 0.480 e. The first-order valence-electron chi connectivity index (χ1n) is 6.49. The summed E-state index contributed by atoms with van der Waals surface area (Å²) < 4.78 is 10.4. The number of rotatable bonds is 2. The highest BCUT2D eigenvalue weighted by atomic mass is 16.6. The van der Waals surface area contributed by atoms with E-state index < -0.39 is 23.2 Å². The Morgan fingerprint density at radius 1 is 1.32 bits per heavy atom. The third-order valence-electron chi connectivity index (χ3n) is 3.69. The van der Waals surface area contributed by atoms with Gasteiger partial charge in [0.2, 0.25) is 0 Å². The van der Waals surface area contributed by atoms with Crippen molar-refractivity contribution in [1.82, 2.24) is 5.32 Å². The number of carbonyl (C=O) groups excluding carboxylic acids is 1. The SMILES string of the molecule is CC(C)(C)OC(=O)NC1(C(=O)O)CC2(CCOC2)C1. The molecule has 2 N–H and O–H groups in total. The van der Waals surface area contributed by atoms with Gasteiger partial charge < -0.3 is 19.9 Å². The van der Waals surface area contributed by atoms with Crippen LogP contribution in [0.4, 0.5) is 4.79 Å². The number of amides is 1. The van der Waals surface area contributed by atoms with E-state index in [9.17, 15) is 14.7 Å². The van der Waals surface area contributed by atoms with Gasteiger partial charge in [-0.2, -0.15) is 0 Å². The van der Waals surface area contributed by atoms with Gasteiger partial charge in [0.05, 0.1) is 6.61 Å². The van der Waals surface area contributed by atoms with Crippen molar-refractivity contribution in [1.29, 1.82) is 0 Å². The second-order valence-corrected chi connectivity index (χ2v) is 6.67. The molecule has 1 aliphatic carbocycles. The van der Waals surface area contributed by atoms with Crippen LogP contribution in [0.5, 0.6) is 0 Å². The number of ether oxygens (including phenoxy) is 2. The Hall–Kier alpha value is -1.30. The van der Waals surface area contributed by atoms with Crippen LogP contribution >= 0.6 is 0 Å². The van der Waals surface area contributed by atoms with Crippen LogP contribution in [0, 0.1) is 5.41 Å². The molecule has 2 rings (SSSR count). The zero-order chi connectivity index (χ0) is 14.3. The number of alkyl carbamates (subject to hydrolysis) is 1. The molecule has 6 heteroatoms. The Morgan fingerprint density at radius 2 is 1.95 bits per heavy atom. The number of carboxylic acid groups (broad SMARTS) is 1. The lowest BCUT2D eigenvalue weighted by Crippen LogP contribution is -2.67. The zero-order valence-electron chi connectivity index (χ0n) is 11.6. The van der Waals surface area contributed by atoms with Crippen LogP contribution in [0.2, 0.25) is 0 Å². The van der Waals surface area contributed by atoms with Gasteiger partial charge in [-0.15, -0.1) is 0 Å². The summed E-state index contributed by atoms with van der Waals surface area (Å²) in [6, 6.07) is 0. The quantitative estimate of drug-likeness (QED) is 0.795. The summed E-state index contributed by atoms with van der Waals surface area (Å²) in [6.07, 6.45) is 1.00. The molecule has 1 saturated carbocycles. The second-order valence-electron chi connectivity index (χ2n) is 6.67. The minimum Gasteiger partial charge on any atom is -0.480 e. The summed E-state index contributed by atoms with van der Waals surface area (Å²) in [5, 5.41) is 11.9. The smallest absolute Gasteiger partial charge is 0.408 e. The predicted octanol–water partition coefficient (Wildman–Crippen LogP) is 1.53. The van der Waals surface area contributed by atoms with E-state index in [0.29, 0.717) is 26.1 Å². The lowest BCUT2D eigenvalue weighted by molar-refractivity contribution is -0.156. The van der Waals surface area contributed by atoms with Crippen molar-refractivity contribution in [3.63, 3.8) is 0 Å². The molecule has 19 heavy (non-hydrogen) atoms. The fourth-order valence-electron chi connectivity index (χ4n) is 2.95. The van der Waals surface area contributed by atoms with Crippen LogP contribution in [0.15, 0.2) is 0 Å². The highest BCUT2D eigenvalue weighted by Gasteiger charge is 2.61. The topological polar surface area (TPSA) is 84.9 Å². The van der Waals surface area contributed by atoms with E-state index in [1.54, 1.807) is 20.8 Å². The van der Waals surface area contributed by atoms with E-state index in [1.807, 2.05) is 0 Å². The molecule has 0 aromatic carbocycles. The van der Waals surface area contributed by atoms with E-state index in [1.165, 1.54) is 0 Å². The van der Waals surface area contributed by atoms with E-state index in [0.717, 1.165) is 6.42 Å². The van der Waals surface area contributed by atoms with Crippen LogP contribution in [0.3, 0.4) is 0 Å². The molecule has 108 valence electrons. The summed E-state index contributed by atoms with van der Waals surface area (Å²) in [5.74, 6) is -1.00. The molecule has 1 spiro atoms. The molecule has 0 unspecified atom stereocenters. The second kappa shape index (κ2) is 4.37. The zero-order valence-corrected chi connectivity index (χ0v) is 11.6. The minimum absolute atomic E-state index is 0.0760. The molecule has 0 atom stereocenters. The average molecular weight is 271 g/mol. The van der Waals surface area contributed by atoms with Crippen molar-refractivity contribution in [2.75, 3.05) is 13.2 Å². The summed E-state index contributed by atoms with van der Waals surface area (Å²) in [5.41, 5.74) is -1.91. The van der Waals surface area contributed by atoms with Crippen LogP contribution in [0.1, 0.15) is 40.0 Å². The van der Waals surface area contributed by atoms with Crippen LogP contribution < -0.4 is 5.32 Å². The predicted molar refractivity (Wildman–Crippen MR) is 66.8 cm³/mol. The molecule has 1 aliphatic heterocycles. The van der Waals surface area contributed by atoms with Gasteiger partial charge in [-0.25, -0.2) is 9.59 Å². The van der Waals surface area contributed by atoms with Gasteiger partial charge in [0.15, 0.2) is 0 Å². The van der Waals surface area contributed by atoms with E-state index in [-0.39, 0.29) is 5.41 Å². The van der Waals surface area contributed by atoms with Crippen LogP contribution in [-0.4, -0.2) is 41.5 Å². The summed E-state index contributed by atoms with van der Waals surface area (Å²) >= 11 is 0. The van der Waals surface area contributed by atoms with Gasteiger partial charge in [-0.1, -0.05) is 0 Å². The number of aliphatic carboxylic acids is 1. The Bertz CT molecular complexity index is 384. The Labute approximate surface area is 112 Å². The molecule has 1 saturated heterocycles. The van der Waals surface area contributed by atoms with E-state index in [4.69, 9.17) is 9.47 Å². The molecule has 6 nitrogen and oxygen atoms in total. The molecule has 2 aliphatic rings. The van der Waals surface area contributed by atoms with Gasteiger partial charge >= 0.3 is 12.1 Å². The number of nitrogens with one attached hydrogen (secondary N) is 1. The first-order chi connectivity index (χ1) is 8.67. The highest BCUT2D eigenvalue weighted by molar-refractivity contribution is 5.86. The monoisotopic (exact) mass is 271 g/mol. The van der Waals surface area contributed by atoms with E-state index >= 15 is 0 Å². The molecule has 0 aromatic rings. The summed E-state index contributed by atoms with van der Waals surface area (Å²) in [7, 11) is 0. The van der Waals surface area contributed by atoms with Gasteiger partial charge in [0.25, 0.3) is 0 Å². The number of hydrogen-bond acceptors (Lipinski definition) is 4. The number of hydrogen-bond donors (Lipinski definition) is 2. The van der Waals surface area contributed by atoms with Crippen molar-refractivity contribution in [3.05, 3.63) is 0 Å². The summed E-state index contributed by atoms with van der Waals surface area (Å²) in [6.45, 7) is 6.48. The van der Waals surface area contributed by atoms with Crippen molar-refractivity contribution >= 4 is 12.1 Å². The molecule has 0 radical (unpaired) electrons. The minimum atomic E-state index is -1.20. The van der Waals surface area contributed by atoms with Crippen LogP contribution in [0.25, 0.3) is 0 Å².